The van der Waals surface area contributed by atoms with Crippen molar-refractivity contribution in [2.45, 2.75) is 137 Å². The van der Waals surface area contributed by atoms with Gasteiger partial charge in [-0.2, -0.15) is 0 Å². The number of halogens is 2. The Morgan fingerprint density at radius 1 is 1.07 bits per heavy atom. The van der Waals surface area contributed by atoms with Crippen LogP contribution in [-0.4, -0.2) is 152 Å². The van der Waals surface area contributed by atoms with Gasteiger partial charge in [-0.05, 0) is 87.9 Å². The third kappa shape index (κ3) is 11.6. The van der Waals surface area contributed by atoms with Crippen molar-refractivity contribution < 1.29 is 66.6 Å². The SMILES string of the molecule is CO[C@]1(C)C[C@@H](C)C(=O)[C@H](C)[C@@H](O)[C@](C)(O)[C@@H](I)OC(=O)[C@H](C)C(=O)[C@H](C)[C@H]1O[C@@H]1O[C@H](C)C[C@H](N(C)CCc2cn([C@H](CF)[C@H](O)c3ccc(S(C)(=O)=O)cc3)nn2)[C@H]1O. The van der Waals surface area contributed by atoms with Crippen LogP contribution in [0.15, 0.2) is 35.4 Å². The Kier molecular flexibility index (Phi) is 17.2. The molecule has 0 radical (unpaired) electrons. The summed E-state index contributed by atoms with van der Waals surface area (Å²) in [5.41, 5.74) is -2.64. The number of methoxy groups -OCH3 is 1. The molecule has 3 heterocycles. The zero-order valence-electron chi connectivity index (χ0n) is 36.3. The number of rotatable bonds is 12. The average Bonchev–Trinajstić information content (AvgIpc) is 3.68. The van der Waals surface area contributed by atoms with Gasteiger partial charge in [0.15, 0.2) is 26.0 Å². The molecule has 344 valence electrons. The fourth-order valence-corrected chi connectivity index (χ4v) is 9.50. The first-order valence-corrected chi connectivity index (χ1v) is 23.4. The van der Waals surface area contributed by atoms with E-state index in [1.54, 1.807) is 50.4 Å². The number of Topliss-reactive ketones (excluding diaryl/α,β-unsaturated/α-hetero) is 2. The minimum Gasteiger partial charge on any atom is -0.448 e. The van der Waals surface area contributed by atoms with Gasteiger partial charge in [0.05, 0.1) is 34.5 Å². The third-order valence-corrected chi connectivity index (χ3v) is 15.0. The summed E-state index contributed by atoms with van der Waals surface area (Å²) in [6, 6.07) is 3.85. The number of likely N-dealkylation sites (N-methyl/N-ethyl adjacent to an activating group) is 1. The van der Waals surface area contributed by atoms with Crippen molar-refractivity contribution in [3.63, 3.8) is 0 Å². The topological polar surface area (TPSA) is 237 Å². The lowest BCUT2D eigenvalue weighted by molar-refractivity contribution is -0.296. The number of aliphatic hydroxyl groups excluding tert-OH is 3. The van der Waals surface area contributed by atoms with E-state index in [1.807, 2.05) is 11.8 Å². The molecule has 4 rings (SSSR count). The maximum atomic E-state index is 14.3. The molecule has 0 bridgehead atoms. The van der Waals surface area contributed by atoms with E-state index >= 15 is 0 Å². The predicted octanol–water partition coefficient (Wildman–Crippen LogP) is 2.56. The highest BCUT2D eigenvalue weighted by atomic mass is 127. The van der Waals surface area contributed by atoms with Crippen molar-refractivity contribution in [3.05, 3.63) is 41.7 Å². The first-order chi connectivity index (χ1) is 28.3. The van der Waals surface area contributed by atoms with Crippen LogP contribution in [0.2, 0.25) is 0 Å². The summed E-state index contributed by atoms with van der Waals surface area (Å²) >= 11 is 1.66. The summed E-state index contributed by atoms with van der Waals surface area (Å²) in [6.07, 6.45) is -3.89. The number of carbonyl (C=O) groups is 3. The van der Waals surface area contributed by atoms with Crippen LogP contribution in [0.25, 0.3) is 0 Å². The molecule has 15 atom stereocenters. The second-order valence-corrected chi connectivity index (χ2v) is 20.4. The van der Waals surface area contributed by atoms with Crippen molar-refractivity contribution in [2.24, 2.45) is 23.7 Å². The maximum Gasteiger partial charge on any atom is 0.317 e. The van der Waals surface area contributed by atoms with Gasteiger partial charge < -0.3 is 44.3 Å². The Morgan fingerprint density at radius 3 is 2.26 bits per heavy atom. The monoisotopic (exact) mass is 996 g/mol. The number of nitrogens with zero attached hydrogens (tertiary/aromatic N) is 4. The summed E-state index contributed by atoms with van der Waals surface area (Å²) in [7, 11) is -0.268. The number of alkyl halides is 2. The van der Waals surface area contributed by atoms with Gasteiger partial charge in [0.2, 0.25) is 0 Å². The van der Waals surface area contributed by atoms with Crippen molar-refractivity contribution in [3.8, 4) is 0 Å². The zero-order chi connectivity index (χ0) is 45.9. The molecule has 0 aliphatic carbocycles. The molecule has 1 aromatic carbocycles. The number of ether oxygens (including phenoxy) is 4. The highest BCUT2D eigenvalue weighted by Crippen LogP contribution is 2.39. The predicted molar refractivity (Wildman–Crippen MR) is 227 cm³/mol. The smallest absolute Gasteiger partial charge is 0.317 e. The second-order valence-electron chi connectivity index (χ2n) is 17.2. The normalized spacial score (nSPS) is 36.0. The van der Waals surface area contributed by atoms with Gasteiger partial charge in [-0.1, -0.05) is 38.1 Å². The number of hydrogen-bond acceptors (Lipinski definition) is 16. The molecule has 61 heavy (non-hydrogen) atoms. The quantitative estimate of drug-likeness (QED) is 0.104. The minimum absolute atomic E-state index is 0.00550. The lowest BCUT2D eigenvalue weighted by Crippen LogP contribution is -2.60. The van der Waals surface area contributed by atoms with Crippen molar-refractivity contribution in [1.29, 1.82) is 0 Å². The lowest BCUT2D eigenvalue weighted by atomic mass is 9.75. The van der Waals surface area contributed by atoms with Crippen LogP contribution in [0.3, 0.4) is 0 Å². The fourth-order valence-electron chi connectivity index (χ4n) is 8.25. The molecule has 0 amide bonds. The summed E-state index contributed by atoms with van der Waals surface area (Å²) in [6.45, 7) is 10.2. The highest BCUT2D eigenvalue weighted by molar-refractivity contribution is 14.1. The van der Waals surface area contributed by atoms with Crippen LogP contribution in [-0.2, 0) is 49.6 Å². The lowest BCUT2D eigenvalue weighted by Gasteiger charge is -2.47. The van der Waals surface area contributed by atoms with E-state index in [4.69, 9.17) is 18.9 Å². The Hall–Kier alpha value is -2.54. The summed E-state index contributed by atoms with van der Waals surface area (Å²) < 4.78 is 62.2. The van der Waals surface area contributed by atoms with E-state index in [2.05, 4.69) is 10.3 Å². The summed E-state index contributed by atoms with van der Waals surface area (Å²) in [5.74, 6) is -6.21. The van der Waals surface area contributed by atoms with Gasteiger partial charge in [-0.15, -0.1) is 5.10 Å². The molecule has 2 saturated heterocycles. The molecule has 20 heteroatoms. The van der Waals surface area contributed by atoms with E-state index in [9.17, 15) is 47.6 Å². The molecular weight excluding hydrogens is 934 g/mol. The highest BCUT2D eigenvalue weighted by Gasteiger charge is 2.52. The number of aromatic nitrogens is 3. The Morgan fingerprint density at radius 2 is 1.69 bits per heavy atom. The Labute approximate surface area is 370 Å². The van der Waals surface area contributed by atoms with Crippen LogP contribution in [0.5, 0.6) is 0 Å². The average molecular weight is 997 g/mol. The summed E-state index contributed by atoms with van der Waals surface area (Å²) in [4.78, 5) is 43.1. The third-order valence-electron chi connectivity index (χ3n) is 12.4. The Bertz CT molecular complexity index is 1940. The minimum atomic E-state index is -3.46. The van der Waals surface area contributed by atoms with Gasteiger partial charge in [0, 0.05) is 56.3 Å². The van der Waals surface area contributed by atoms with E-state index in [0.717, 1.165) is 6.26 Å². The zero-order valence-corrected chi connectivity index (χ0v) is 39.3. The van der Waals surface area contributed by atoms with Crippen molar-refractivity contribution >= 4 is 50.0 Å². The Balaban J connectivity index is 1.54. The number of carbonyl (C=O) groups excluding carboxylic acids is 3. The van der Waals surface area contributed by atoms with Gasteiger partial charge in [-0.3, -0.25) is 14.4 Å². The van der Waals surface area contributed by atoms with Crippen LogP contribution in [0.1, 0.15) is 84.7 Å². The number of ketones is 2. The van der Waals surface area contributed by atoms with Crippen LogP contribution >= 0.6 is 22.6 Å². The number of benzene rings is 1. The number of cyclic esters (lactones) is 1. The first kappa shape index (κ1) is 51.1. The summed E-state index contributed by atoms with van der Waals surface area (Å²) in [5, 5.41) is 53.4. The van der Waals surface area contributed by atoms with Gasteiger partial charge in [-0.25, -0.2) is 17.5 Å². The van der Waals surface area contributed by atoms with Gasteiger partial charge in [0.1, 0.15) is 42.2 Å². The van der Waals surface area contributed by atoms with E-state index < -0.39 is 122 Å². The molecule has 0 unspecified atom stereocenters. The molecule has 0 saturated carbocycles. The number of esters is 1. The van der Waals surface area contributed by atoms with Gasteiger partial charge >= 0.3 is 5.97 Å². The van der Waals surface area contributed by atoms with Crippen LogP contribution in [0.4, 0.5) is 4.39 Å². The number of aliphatic hydroxyl groups is 4. The standard InChI is InChI=1S/C41H62FIN4O13S/c1-21-18-40(6,57-9)36(24(4)32(49)25(5)37(53)60-39(43)41(7,54)35(52)23(3)31(21)48)59-38-34(51)29(17-22(2)58-38)46(8)16-15-27-20-47(45-44-27)30(19-42)33(50)26-11-13-28(14-12-26)61(10,55)56/h11-14,20-25,29-30,33-36,38-39,50-52,54H,15-19H2,1-10H3/t21-,22-,23+,24+,25-,29+,30-,33-,34-,35-,36-,38+,39+,40-,41+/m1/s1. The van der Waals surface area contributed by atoms with Crippen molar-refractivity contribution in [2.75, 3.05) is 33.6 Å². The molecule has 1 aromatic heterocycles. The van der Waals surface area contributed by atoms with E-state index in [0.29, 0.717) is 30.6 Å². The molecule has 2 aliphatic rings. The first-order valence-electron chi connectivity index (χ1n) is 20.3. The molecule has 2 aromatic rings. The molecule has 17 nitrogen and oxygen atoms in total. The number of hydrogen-bond donors (Lipinski definition) is 4. The maximum absolute atomic E-state index is 14.3. The van der Waals surface area contributed by atoms with Crippen molar-refractivity contribution in [1.82, 2.24) is 19.9 Å². The van der Waals surface area contributed by atoms with Crippen LogP contribution in [0, 0.1) is 23.7 Å². The fraction of sp³-hybridized carbons (Fsp3) is 0.732. The molecular formula is C41H62FIN4O13S. The molecule has 4 N–H and O–H groups in total. The largest absolute Gasteiger partial charge is 0.448 e. The molecule has 0 spiro atoms. The van der Waals surface area contributed by atoms with Crippen LogP contribution < -0.4 is 0 Å². The van der Waals surface area contributed by atoms with E-state index in [-0.39, 0.29) is 11.3 Å². The second kappa shape index (κ2) is 20.5. The molecule has 2 aliphatic heterocycles. The van der Waals surface area contributed by atoms with E-state index in [1.165, 1.54) is 63.0 Å². The number of sulfone groups is 1. The molecule has 2 fully saturated rings. The van der Waals surface area contributed by atoms with Gasteiger partial charge in [0.25, 0.3) is 0 Å².